The van der Waals surface area contributed by atoms with E-state index < -0.39 is 17.7 Å². The van der Waals surface area contributed by atoms with Gasteiger partial charge in [0.15, 0.2) is 5.60 Å². The van der Waals surface area contributed by atoms with Crippen LogP contribution in [-0.2, 0) is 9.53 Å². The van der Waals surface area contributed by atoms with Crippen molar-refractivity contribution in [2.24, 2.45) is 0 Å². The van der Waals surface area contributed by atoms with E-state index in [4.69, 9.17) is 11.2 Å². The van der Waals surface area contributed by atoms with E-state index >= 15 is 0 Å². The lowest BCUT2D eigenvalue weighted by molar-refractivity contribution is -0.154. The van der Waals surface area contributed by atoms with E-state index in [0.717, 1.165) is 6.42 Å². The molecule has 66 valence electrons. The molecule has 1 N–H and O–H groups in total. The fraction of sp³-hybridized carbons (Fsp3) is 0.667. The van der Waals surface area contributed by atoms with Crippen molar-refractivity contribution in [3.63, 3.8) is 0 Å². The minimum atomic E-state index is -1.23. The number of aliphatic hydroxyl groups is 1. The normalized spacial score (nSPS) is 34.2. The van der Waals surface area contributed by atoms with E-state index in [9.17, 15) is 9.90 Å². The van der Waals surface area contributed by atoms with Crippen LogP contribution < -0.4 is 0 Å². The van der Waals surface area contributed by atoms with Gasteiger partial charge in [-0.3, -0.25) is 4.79 Å². The van der Waals surface area contributed by atoms with Crippen molar-refractivity contribution in [2.75, 3.05) is 0 Å². The van der Waals surface area contributed by atoms with Crippen molar-refractivity contribution in [3.8, 4) is 12.3 Å². The number of esters is 1. The number of hydrogen-bond donors (Lipinski definition) is 1. The molecule has 0 aliphatic heterocycles. The van der Waals surface area contributed by atoms with Crippen LogP contribution in [0.15, 0.2) is 0 Å². The Labute approximate surface area is 71.7 Å². The van der Waals surface area contributed by atoms with Gasteiger partial charge in [0.1, 0.15) is 6.10 Å². The topological polar surface area (TPSA) is 46.5 Å². The molecule has 1 aliphatic rings. The van der Waals surface area contributed by atoms with Gasteiger partial charge in [0.25, 0.3) is 0 Å². The molecule has 0 spiro atoms. The summed E-state index contributed by atoms with van der Waals surface area (Å²) in [6.45, 7) is 1.31. The molecule has 3 nitrogen and oxygen atoms in total. The predicted octanol–water partition coefficient (Wildman–Crippen LogP) is 0.466. The Hall–Kier alpha value is -1.01. The van der Waals surface area contributed by atoms with Crippen LogP contribution in [0.4, 0.5) is 0 Å². The highest BCUT2D eigenvalue weighted by molar-refractivity contribution is 5.66. The smallest absolute Gasteiger partial charge is 0.303 e. The molecule has 0 aromatic carbocycles. The molecule has 1 fully saturated rings. The maximum atomic E-state index is 10.6. The molecular formula is C9H12O3. The fourth-order valence-corrected chi connectivity index (χ4v) is 1.48. The lowest BCUT2D eigenvalue weighted by Gasteiger charge is -2.23. The van der Waals surface area contributed by atoms with E-state index in [1.807, 2.05) is 0 Å². The first-order valence-corrected chi connectivity index (χ1v) is 3.96. The number of carbonyl (C=O) groups is 1. The van der Waals surface area contributed by atoms with Crippen molar-refractivity contribution in [1.29, 1.82) is 0 Å². The SMILES string of the molecule is C#C[C@]1(O)CCC[C@@H]1OC(C)=O. The van der Waals surface area contributed by atoms with E-state index in [1.165, 1.54) is 6.92 Å². The maximum Gasteiger partial charge on any atom is 0.303 e. The van der Waals surface area contributed by atoms with Crippen molar-refractivity contribution < 1.29 is 14.6 Å². The van der Waals surface area contributed by atoms with Crippen molar-refractivity contribution in [3.05, 3.63) is 0 Å². The average molecular weight is 168 g/mol. The standard InChI is InChI=1S/C9H12O3/c1-3-9(11)6-4-5-8(9)12-7(2)10/h1,8,11H,4-6H2,2H3/t8-,9-/m0/s1. The van der Waals surface area contributed by atoms with Gasteiger partial charge in [-0.15, -0.1) is 6.42 Å². The number of terminal acetylenes is 1. The van der Waals surface area contributed by atoms with E-state index in [1.54, 1.807) is 0 Å². The molecule has 0 bridgehead atoms. The molecule has 0 saturated heterocycles. The van der Waals surface area contributed by atoms with Crippen LogP contribution in [0.25, 0.3) is 0 Å². The molecule has 1 aliphatic carbocycles. The number of carbonyl (C=O) groups excluding carboxylic acids is 1. The minimum Gasteiger partial charge on any atom is -0.458 e. The van der Waals surface area contributed by atoms with Crippen LogP contribution in [-0.4, -0.2) is 22.8 Å². The van der Waals surface area contributed by atoms with Gasteiger partial charge in [-0.05, 0) is 19.3 Å². The van der Waals surface area contributed by atoms with Gasteiger partial charge in [-0.2, -0.15) is 0 Å². The molecule has 12 heavy (non-hydrogen) atoms. The van der Waals surface area contributed by atoms with Gasteiger partial charge < -0.3 is 9.84 Å². The Kier molecular flexibility index (Phi) is 2.39. The summed E-state index contributed by atoms with van der Waals surface area (Å²) in [6.07, 6.45) is 6.60. The molecule has 1 rings (SSSR count). The first-order chi connectivity index (χ1) is 5.58. The third-order valence-electron chi connectivity index (χ3n) is 2.12. The molecule has 0 radical (unpaired) electrons. The highest BCUT2D eigenvalue weighted by atomic mass is 16.6. The Morgan fingerprint density at radius 2 is 2.50 bits per heavy atom. The van der Waals surface area contributed by atoms with Crippen LogP contribution in [0.2, 0.25) is 0 Å². The van der Waals surface area contributed by atoms with E-state index in [2.05, 4.69) is 5.92 Å². The lowest BCUT2D eigenvalue weighted by atomic mass is 10.0. The zero-order valence-corrected chi connectivity index (χ0v) is 7.04. The summed E-state index contributed by atoms with van der Waals surface area (Å²) in [6, 6.07) is 0. The second-order valence-corrected chi connectivity index (χ2v) is 3.06. The van der Waals surface area contributed by atoms with Gasteiger partial charge in [0.05, 0.1) is 0 Å². The molecular weight excluding hydrogens is 156 g/mol. The summed E-state index contributed by atoms with van der Waals surface area (Å²) in [4.78, 5) is 10.6. The summed E-state index contributed by atoms with van der Waals surface area (Å²) in [5, 5.41) is 9.70. The van der Waals surface area contributed by atoms with Gasteiger partial charge in [-0.1, -0.05) is 5.92 Å². The van der Waals surface area contributed by atoms with Crippen LogP contribution in [0.3, 0.4) is 0 Å². The molecule has 3 heteroatoms. The molecule has 0 heterocycles. The summed E-state index contributed by atoms with van der Waals surface area (Å²) in [5.74, 6) is 1.88. The Balaban J connectivity index is 2.65. The van der Waals surface area contributed by atoms with Crippen LogP contribution in [0, 0.1) is 12.3 Å². The minimum absolute atomic E-state index is 0.393. The van der Waals surface area contributed by atoms with Crippen LogP contribution >= 0.6 is 0 Å². The molecule has 2 atom stereocenters. The predicted molar refractivity (Wildman–Crippen MR) is 43.2 cm³/mol. The number of hydrogen-bond acceptors (Lipinski definition) is 3. The second kappa shape index (κ2) is 3.16. The zero-order chi connectivity index (χ0) is 9.19. The van der Waals surface area contributed by atoms with Crippen molar-refractivity contribution >= 4 is 5.97 Å². The van der Waals surface area contributed by atoms with Crippen molar-refractivity contribution in [1.82, 2.24) is 0 Å². The Morgan fingerprint density at radius 1 is 1.83 bits per heavy atom. The third kappa shape index (κ3) is 1.59. The first kappa shape index (κ1) is 9.08. The average Bonchev–Trinajstić information content (AvgIpc) is 2.33. The molecule has 1 saturated carbocycles. The van der Waals surface area contributed by atoms with Gasteiger partial charge >= 0.3 is 5.97 Å². The maximum absolute atomic E-state index is 10.6. The van der Waals surface area contributed by atoms with Crippen molar-refractivity contribution in [2.45, 2.75) is 37.9 Å². The van der Waals surface area contributed by atoms with E-state index in [0.29, 0.717) is 12.8 Å². The Morgan fingerprint density at radius 3 is 3.00 bits per heavy atom. The van der Waals surface area contributed by atoms with E-state index in [-0.39, 0.29) is 0 Å². The quantitative estimate of drug-likeness (QED) is 0.457. The highest BCUT2D eigenvalue weighted by Gasteiger charge is 2.41. The summed E-state index contributed by atoms with van der Waals surface area (Å²) >= 11 is 0. The molecule has 0 aromatic rings. The fourth-order valence-electron chi connectivity index (χ4n) is 1.48. The first-order valence-electron chi connectivity index (χ1n) is 3.96. The highest BCUT2D eigenvalue weighted by Crippen LogP contribution is 2.31. The van der Waals surface area contributed by atoms with Gasteiger partial charge in [0.2, 0.25) is 0 Å². The molecule has 0 unspecified atom stereocenters. The number of ether oxygens (including phenoxy) is 1. The van der Waals surface area contributed by atoms with Gasteiger partial charge in [-0.25, -0.2) is 0 Å². The third-order valence-corrected chi connectivity index (χ3v) is 2.12. The molecule has 0 amide bonds. The monoisotopic (exact) mass is 168 g/mol. The largest absolute Gasteiger partial charge is 0.458 e. The summed E-state index contributed by atoms with van der Waals surface area (Å²) in [5.41, 5.74) is -1.23. The van der Waals surface area contributed by atoms with Gasteiger partial charge in [0, 0.05) is 6.92 Å². The Bertz CT molecular complexity index is 228. The lowest BCUT2D eigenvalue weighted by Crippen LogP contribution is -2.38. The van der Waals surface area contributed by atoms with Crippen LogP contribution in [0.5, 0.6) is 0 Å². The zero-order valence-electron chi connectivity index (χ0n) is 7.04. The number of rotatable bonds is 1. The molecule has 0 aromatic heterocycles. The second-order valence-electron chi connectivity index (χ2n) is 3.06. The summed E-state index contributed by atoms with van der Waals surface area (Å²) in [7, 11) is 0. The summed E-state index contributed by atoms with van der Waals surface area (Å²) < 4.78 is 4.89. The van der Waals surface area contributed by atoms with Crippen LogP contribution in [0.1, 0.15) is 26.2 Å².